The quantitative estimate of drug-likeness (QED) is 0.507. The molecule has 0 radical (unpaired) electrons. The molecule has 0 saturated carbocycles. The average Bonchev–Trinajstić information content (AvgIpc) is 3.11. The van der Waals surface area contributed by atoms with Gasteiger partial charge >= 0.3 is 12.1 Å². The number of anilines is 1. The Bertz CT molecular complexity index is 1160. The first-order chi connectivity index (χ1) is 15.9. The van der Waals surface area contributed by atoms with Crippen LogP contribution >= 0.6 is 0 Å². The van der Waals surface area contributed by atoms with E-state index in [9.17, 15) is 14.4 Å². The van der Waals surface area contributed by atoms with Crippen molar-refractivity contribution in [2.45, 2.75) is 25.3 Å². The third-order valence-corrected chi connectivity index (χ3v) is 5.63. The second kappa shape index (κ2) is 9.56. The molecule has 33 heavy (non-hydrogen) atoms. The van der Waals surface area contributed by atoms with Crippen molar-refractivity contribution < 1.29 is 24.2 Å². The molecule has 3 aromatic rings. The maximum absolute atomic E-state index is 12.5. The number of ether oxygens (including phenoxy) is 1. The van der Waals surface area contributed by atoms with Gasteiger partial charge in [0.25, 0.3) is 0 Å². The topological polar surface area (TPSA) is 105 Å². The Hall–Kier alpha value is -4.13. The van der Waals surface area contributed by atoms with Crippen molar-refractivity contribution in [3.05, 3.63) is 89.5 Å². The van der Waals surface area contributed by atoms with Crippen molar-refractivity contribution in [1.29, 1.82) is 0 Å². The Morgan fingerprint density at radius 3 is 2.21 bits per heavy atom. The summed E-state index contributed by atoms with van der Waals surface area (Å²) in [6.07, 6.45) is -0.587. The third-order valence-electron chi connectivity index (χ3n) is 5.63. The molecule has 4 rings (SSSR count). The summed E-state index contributed by atoms with van der Waals surface area (Å²) < 4.78 is 5.55. The molecule has 1 aliphatic carbocycles. The van der Waals surface area contributed by atoms with Crippen LogP contribution < -0.4 is 10.6 Å². The fourth-order valence-corrected chi connectivity index (χ4v) is 4.05. The van der Waals surface area contributed by atoms with E-state index in [0.29, 0.717) is 11.3 Å². The van der Waals surface area contributed by atoms with E-state index in [1.807, 2.05) is 24.3 Å². The minimum absolute atomic E-state index is 0.00215. The molecule has 168 valence electrons. The Balaban J connectivity index is 1.37. The zero-order valence-electron chi connectivity index (χ0n) is 18.1. The average molecular weight is 444 g/mol. The molecule has 1 unspecified atom stereocenters. The summed E-state index contributed by atoms with van der Waals surface area (Å²) in [5.41, 5.74) is 5.71. The predicted octanol–water partition coefficient (Wildman–Crippen LogP) is 4.18. The van der Waals surface area contributed by atoms with Gasteiger partial charge in [-0.05, 0) is 46.9 Å². The van der Waals surface area contributed by atoms with Gasteiger partial charge in [0.05, 0.1) is 6.42 Å². The lowest BCUT2D eigenvalue weighted by Crippen LogP contribution is -2.39. The van der Waals surface area contributed by atoms with Crippen molar-refractivity contribution in [1.82, 2.24) is 5.32 Å². The maximum Gasteiger partial charge on any atom is 0.411 e. The number of amides is 2. The molecule has 3 N–H and O–H groups in total. The summed E-state index contributed by atoms with van der Waals surface area (Å²) in [6.45, 7) is 1.60. The number of hydrogen-bond donors (Lipinski definition) is 3. The number of benzene rings is 3. The van der Waals surface area contributed by atoms with Gasteiger partial charge in [-0.25, -0.2) is 4.79 Å². The van der Waals surface area contributed by atoms with E-state index >= 15 is 0 Å². The highest BCUT2D eigenvalue weighted by Crippen LogP contribution is 2.44. The molecule has 2 amide bonds. The van der Waals surface area contributed by atoms with Crippen LogP contribution in [0, 0.1) is 0 Å². The maximum atomic E-state index is 12.5. The van der Waals surface area contributed by atoms with E-state index in [-0.39, 0.29) is 18.9 Å². The minimum Gasteiger partial charge on any atom is -0.480 e. The second-order valence-electron chi connectivity index (χ2n) is 7.96. The van der Waals surface area contributed by atoms with E-state index in [4.69, 9.17) is 9.84 Å². The summed E-state index contributed by atoms with van der Waals surface area (Å²) in [5.74, 6) is -1.55. The molecule has 7 nitrogen and oxygen atoms in total. The zero-order chi connectivity index (χ0) is 23.4. The van der Waals surface area contributed by atoms with Gasteiger partial charge in [0.2, 0.25) is 5.91 Å². The monoisotopic (exact) mass is 444 g/mol. The summed E-state index contributed by atoms with van der Waals surface area (Å²) in [5, 5.41) is 14.0. The molecule has 0 saturated heterocycles. The number of carbonyl (C=O) groups excluding carboxylic acids is 2. The first-order valence-electron chi connectivity index (χ1n) is 10.7. The number of rotatable bonds is 7. The van der Waals surface area contributed by atoms with Crippen molar-refractivity contribution in [3.63, 3.8) is 0 Å². The van der Waals surface area contributed by atoms with Crippen molar-refractivity contribution in [3.8, 4) is 11.1 Å². The number of carbonyl (C=O) groups is 3. The number of carboxylic acids is 1. The first-order valence-corrected chi connectivity index (χ1v) is 10.7. The molecule has 1 atom stereocenters. The SMILES string of the molecule is CC(NC(=O)Cc1cccc(NC(=O)OCC2c3ccccc3-c3ccccc32)c1)C(=O)O. The van der Waals surface area contributed by atoms with Gasteiger partial charge in [-0.15, -0.1) is 0 Å². The summed E-state index contributed by atoms with van der Waals surface area (Å²) in [6, 6.07) is 22.1. The van der Waals surface area contributed by atoms with Gasteiger partial charge < -0.3 is 15.2 Å². The van der Waals surface area contributed by atoms with Crippen molar-refractivity contribution >= 4 is 23.7 Å². The summed E-state index contributed by atoms with van der Waals surface area (Å²) >= 11 is 0. The van der Waals surface area contributed by atoms with Crippen LogP contribution in [0.15, 0.2) is 72.8 Å². The lowest BCUT2D eigenvalue weighted by atomic mass is 9.98. The zero-order valence-corrected chi connectivity index (χ0v) is 18.1. The molecule has 3 aromatic carbocycles. The Labute approximate surface area is 191 Å². The molecule has 0 bridgehead atoms. The lowest BCUT2D eigenvalue weighted by Gasteiger charge is -2.15. The van der Waals surface area contributed by atoms with Gasteiger partial charge in [0, 0.05) is 11.6 Å². The predicted molar refractivity (Wildman–Crippen MR) is 124 cm³/mol. The Morgan fingerprint density at radius 2 is 1.58 bits per heavy atom. The molecule has 0 heterocycles. The highest BCUT2D eigenvalue weighted by molar-refractivity contribution is 5.87. The van der Waals surface area contributed by atoms with E-state index in [2.05, 4.69) is 34.9 Å². The van der Waals surface area contributed by atoms with E-state index < -0.39 is 24.0 Å². The summed E-state index contributed by atoms with van der Waals surface area (Å²) in [7, 11) is 0. The van der Waals surface area contributed by atoms with E-state index in [1.165, 1.54) is 6.92 Å². The molecule has 0 aromatic heterocycles. The van der Waals surface area contributed by atoms with Gasteiger partial charge in [-0.2, -0.15) is 0 Å². The van der Waals surface area contributed by atoms with Crippen LogP contribution in [0.2, 0.25) is 0 Å². The molecule has 1 aliphatic rings. The van der Waals surface area contributed by atoms with E-state index in [1.54, 1.807) is 24.3 Å². The Kier molecular flexibility index (Phi) is 6.40. The van der Waals surface area contributed by atoms with Crippen LogP contribution in [-0.4, -0.2) is 35.7 Å². The standard InChI is InChI=1S/C26H24N2O5/c1-16(25(30)31)27-24(29)14-17-7-6-8-18(13-17)28-26(32)33-15-23-21-11-4-2-9-19(21)20-10-3-5-12-22(20)23/h2-13,16,23H,14-15H2,1H3,(H,27,29)(H,28,32)(H,30,31). The van der Waals surface area contributed by atoms with Crippen LogP contribution in [0.3, 0.4) is 0 Å². The fourth-order valence-electron chi connectivity index (χ4n) is 4.05. The second-order valence-corrected chi connectivity index (χ2v) is 7.96. The third kappa shape index (κ3) is 5.03. The van der Waals surface area contributed by atoms with Crippen molar-refractivity contribution in [2.24, 2.45) is 0 Å². The number of nitrogens with one attached hydrogen (secondary N) is 2. The van der Waals surface area contributed by atoms with Crippen LogP contribution in [0.5, 0.6) is 0 Å². The first kappa shape index (κ1) is 22.1. The van der Waals surface area contributed by atoms with Gasteiger partial charge in [-0.3, -0.25) is 14.9 Å². The van der Waals surface area contributed by atoms with Gasteiger partial charge in [0.15, 0.2) is 0 Å². The highest BCUT2D eigenvalue weighted by Gasteiger charge is 2.29. The largest absolute Gasteiger partial charge is 0.480 e. The normalized spacial score (nSPS) is 12.9. The molecule has 0 spiro atoms. The Morgan fingerprint density at radius 1 is 0.939 bits per heavy atom. The molecular weight excluding hydrogens is 420 g/mol. The lowest BCUT2D eigenvalue weighted by molar-refractivity contribution is -0.141. The summed E-state index contributed by atoms with van der Waals surface area (Å²) in [4.78, 5) is 35.4. The van der Waals surface area contributed by atoms with Crippen LogP contribution in [0.25, 0.3) is 11.1 Å². The van der Waals surface area contributed by atoms with E-state index in [0.717, 1.165) is 22.3 Å². The molecule has 0 aliphatic heterocycles. The fraction of sp³-hybridized carbons (Fsp3) is 0.192. The van der Waals surface area contributed by atoms with Crippen LogP contribution in [-0.2, 0) is 20.7 Å². The number of fused-ring (bicyclic) bond motifs is 3. The smallest absolute Gasteiger partial charge is 0.411 e. The molecular formula is C26H24N2O5. The molecule has 7 heteroatoms. The van der Waals surface area contributed by atoms with Gasteiger partial charge in [0.1, 0.15) is 12.6 Å². The van der Waals surface area contributed by atoms with Crippen LogP contribution in [0.1, 0.15) is 29.5 Å². The van der Waals surface area contributed by atoms with Crippen molar-refractivity contribution in [2.75, 3.05) is 11.9 Å². The number of hydrogen-bond acceptors (Lipinski definition) is 4. The number of aliphatic carboxylic acids is 1. The highest BCUT2D eigenvalue weighted by atomic mass is 16.5. The van der Waals surface area contributed by atoms with Crippen LogP contribution in [0.4, 0.5) is 10.5 Å². The van der Waals surface area contributed by atoms with Gasteiger partial charge in [-0.1, -0.05) is 60.7 Å². The minimum atomic E-state index is -1.10. The number of carboxylic acid groups (broad SMARTS) is 1. The molecule has 0 fully saturated rings.